The van der Waals surface area contributed by atoms with Gasteiger partial charge in [-0.25, -0.2) is 0 Å². The van der Waals surface area contributed by atoms with Crippen LogP contribution in [0.5, 0.6) is 5.75 Å². The molecule has 2 aromatic carbocycles. The Bertz CT molecular complexity index is 622. The highest BCUT2D eigenvalue weighted by molar-refractivity contribution is 9.10. The minimum atomic E-state index is 0.0595. The Kier molecular flexibility index (Phi) is 4.20. The van der Waals surface area contributed by atoms with E-state index in [1.165, 1.54) is 11.1 Å². The lowest BCUT2D eigenvalue weighted by Crippen LogP contribution is -2.23. The molecule has 1 aliphatic rings. The Hall–Kier alpha value is -1.48. The monoisotopic (exact) mass is 345 g/mol. The molecule has 1 aliphatic heterocycles. The molecule has 1 heterocycles. The number of rotatable bonds is 3. The fraction of sp³-hybridized carbons (Fsp3) is 0.333. The molecule has 2 aromatic rings. The van der Waals surface area contributed by atoms with Gasteiger partial charge in [-0.05, 0) is 51.5 Å². The summed E-state index contributed by atoms with van der Waals surface area (Å²) in [7, 11) is 0. The number of fused-ring (bicyclic) bond motifs is 1. The number of hydrogen-bond acceptors (Lipinski definition) is 2. The second kappa shape index (κ2) is 6.10. The molecule has 0 radical (unpaired) electrons. The summed E-state index contributed by atoms with van der Waals surface area (Å²) < 4.78 is 7.15. The van der Waals surface area contributed by atoms with Crippen molar-refractivity contribution in [2.45, 2.75) is 26.4 Å². The molecule has 21 heavy (non-hydrogen) atoms. The van der Waals surface area contributed by atoms with Crippen molar-refractivity contribution < 1.29 is 4.74 Å². The quantitative estimate of drug-likeness (QED) is 0.825. The van der Waals surface area contributed by atoms with E-state index in [0.29, 0.717) is 5.92 Å². The largest absolute Gasteiger partial charge is 0.481 e. The third kappa shape index (κ3) is 3.24. The maximum atomic E-state index is 6.16. The summed E-state index contributed by atoms with van der Waals surface area (Å²) in [6.07, 6.45) is 1.18. The van der Waals surface area contributed by atoms with Gasteiger partial charge in [0.15, 0.2) is 5.75 Å². The molecular formula is C18H20BrNO. The fourth-order valence-electron chi connectivity index (χ4n) is 2.68. The van der Waals surface area contributed by atoms with Crippen LogP contribution < -0.4 is 10.1 Å². The molecule has 0 aromatic heterocycles. The Morgan fingerprint density at radius 1 is 1.19 bits per heavy atom. The van der Waals surface area contributed by atoms with Crippen LogP contribution in [0.4, 0.5) is 5.69 Å². The number of nitrogens with one attached hydrogen (secondary N) is 1. The van der Waals surface area contributed by atoms with Crippen molar-refractivity contribution >= 4 is 21.6 Å². The molecular weight excluding hydrogens is 326 g/mol. The van der Waals surface area contributed by atoms with E-state index in [-0.39, 0.29) is 6.10 Å². The van der Waals surface area contributed by atoms with Gasteiger partial charge in [0.2, 0.25) is 0 Å². The number of hydrogen-bond donors (Lipinski definition) is 1. The third-order valence-corrected chi connectivity index (χ3v) is 4.32. The first-order valence-corrected chi connectivity index (χ1v) is 8.20. The van der Waals surface area contributed by atoms with Crippen LogP contribution in [0.2, 0.25) is 0 Å². The van der Waals surface area contributed by atoms with E-state index in [2.05, 4.69) is 59.4 Å². The Morgan fingerprint density at radius 2 is 1.95 bits per heavy atom. The van der Waals surface area contributed by atoms with Crippen LogP contribution in [0, 0.1) is 5.92 Å². The summed E-state index contributed by atoms with van der Waals surface area (Å²) in [5.74, 6) is 1.59. The van der Waals surface area contributed by atoms with E-state index in [0.717, 1.165) is 28.9 Å². The van der Waals surface area contributed by atoms with Crippen LogP contribution in [-0.2, 0) is 6.42 Å². The van der Waals surface area contributed by atoms with Gasteiger partial charge in [-0.1, -0.05) is 44.2 Å². The van der Waals surface area contributed by atoms with Crippen LogP contribution in [0.1, 0.15) is 31.1 Å². The van der Waals surface area contributed by atoms with E-state index < -0.39 is 0 Å². The lowest BCUT2D eigenvalue weighted by atomic mass is 10.00. The predicted octanol–water partition coefficient (Wildman–Crippen LogP) is 5.19. The summed E-state index contributed by atoms with van der Waals surface area (Å²) >= 11 is 3.56. The minimum Gasteiger partial charge on any atom is -0.481 e. The van der Waals surface area contributed by atoms with Crippen molar-refractivity contribution in [3.63, 3.8) is 0 Å². The van der Waals surface area contributed by atoms with Gasteiger partial charge >= 0.3 is 0 Å². The molecule has 1 unspecified atom stereocenters. The zero-order chi connectivity index (χ0) is 14.8. The number of ether oxygens (including phenoxy) is 1. The normalized spacial score (nSPS) is 17.0. The molecule has 3 heteroatoms. The number of benzene rings is 2. The Balaban J connectivity index is 1.78. The van der Waals surface area contributed by atoms with Crippen molar-refractivity contribution in [3.8, 4) is 5.75 Å². The summed E-state index contributed by atoms with van der Waals surface area (Å²) in [5.41, 5.74) is 3.66. The van der Waals surface area contributed by atoms with E-state index >= 15 is 0 Å². The Labute approximate surface area is 134 Å². The summed E-state index contributed by atoms with van der Waals surface area (Å²) in [6.45, 7) is 5.29. The molecule has 0 aliphatic carbocycles. The zero-order valence-electron chi connectivity index (χ0n) is 12.4. The molecule has 0 amide bonds. The highest BCUT2D eigenvalue weighted by Gasteiger charge is 2.22. The van der Waals surface area contributed by atoms with Gasteiger partial charge in [0.25, 0.3) is 0 Å². The van der Waals surface area contributed by atoms with E-state index in [1.54, 1.807) is 0 Å². The van der Waals surface area contributed by atoms with Gasteiger partial charge in [0.05, 0.1) is 16.7 Å². The molecule has 0 spiro atoms. The lowest BCUT2D eigenvalue weighted by Gasteiger charge is -2.28. The molecule has 110 valence electrons. The average molecular weight is 346 g/mol. The second-order valence-electron chi connectivity index (χ2n) is 5.94. The predicted molar refractivity (Wildman–Crippen MR) is 91.0 cm³/mol. The maximum Gasteiger partial charge on any atom is 0.157 e. The molecule has 3 rings (SSSR count). The number of anilines is 1. The van der Waals surface area contributed by atoms with Gasteiger partial charge < -0.3 is 10.1 Å². The van der Waals surface area contributed by atoms with Crippen LogP contribution in [0.3, 0.4) is 0 Å². The van der Waals surface area contributed by atoms with Crippen molar-refractivity contribution in [1.29, 1.82) is 0 Å². The topological polar surface area (TPSA) is 21.3 Å². The molecule has 0 saturated heterocycles. The highest BCUT2D eigenvalue weighted by atomic mass is 79.9. The fourth-order valence-corrected chi connectivity index (χ4v) is 3.14. The molecule has 1 atom stereocenters. The van der Waals surface area contributed by atoms with E-state index in [9.17, 15) is 0 Å². The second-order valence-corrected chi connectivity index (χ2v) is 6.80. The smallest absolute Gasteiger partial charge is 0.157 e. The Morgan fingerprint density at radius 3 is 2.67 bits per heavy atom. The van der Waals surface area contributed by atoms with E-state index in [1.807, 2.05) is 18.2 Å². The minimum absolute atomic E-state index is 0.0595. The maximum absolute atomic E-state index is 6.16. The summed E-state index contributed by atoms with van der Waals surface area (Å²) in [6, 6.07) is 14.9. The van der Waals surface area contributed by atoms with Crippen LogP contribution in [0.15, 0.2) is 46.9 Å². The average Bonchev–Trinajstić information content (AvgIpc) is 2.48. The molecule has 0 bridgehead atoms. The molecule has 0 fully saturated rings. The van der Waals surface area contributed by atoms with Gasteiger partial charge in [-0.15, -0.1) is 0 Å². The van der Waals surface area contributed by atoms with Gasteiger partial charge in [0.1, 0.15) is 6.10 Å². The number of halogens is 1. The standard InChI is InChI=1S/C18H20BrNO/c1-12(2)10-13-6-8-14(9-7-13)17-11-20-16-5-3-4-15(19)18(16)21-17/h3-9,12,17,20H,10-11H2,1-2H3. The first kappa shape index (κ1) is 14.5. The highest BCUT2D eigenvalue weighted by Crippen LogP contribution is 2.39. The van der Waals surface area contributed by atoms with Crippen LogP contribution >= 0.6 is 15.9 Å². The lowest BCUT2D eigenvalue weighted by molar-refractivity contribution is 0.209. The number of para-hydroxylation sites is 1. The zero-order valence-corrected chi connectivity index (χ0v) is 14.0. The van der Waals surface area contributed by atoms with Gasteiger partial charge in [0, 0.05) is 0 Å². The first-order valence-electron chi connectivity index (χ1n) is 7.41. The van der Waals surface area contributed by atoms with E-state index in [4.69, 9.17) is 4.74 Å². The molecule has 1 N–H and O–H groups in total. The first-order chi connectivity index (χ1) is 10.1. The van der Waals surface area contributed by atoms with Crippen molar-refractivity contribution in [2.75, 3.05) is 11.9 Å². The summed E-state index contributed by atoms with van der Waals surface area (Å²) in [5, 5.41) is 3.44. The SMILES string of the molecule is CC(C)Cc1ccc(C2CNc3cccc(Br)c3O2)cc1. The van der Waals surface area contributed by atoms with Crippen molar-refractivity contribution in [2.24, 2.45) is 5.92 Å². The third-order valence-electron chi connectivity index (χ3n) is 3.70. The van der Waals surface area contributed by atoms with Crippen molar-refractivity contribution in [1.82, 2.24) is 0 Å². The van der Waals surface area contributed by atoms with Gasteiger partial charge in [-0.2, -0.15) is 0 Å². The molecule has 0 saturated carbocycles. The summed E-state index contributed by atoms with van der Waals surface area (Å²) in [4.78, 5) is 0. The van der Waals surface area contributed by atoms with Gasteiger partial charge in [-0.3, -0.25) is 0 Å². The van der Waals surface area contributed by atoms with Crippen LogP contribution in [0.25, 0.3) is 0 Å². The molecule has 2 nitrogen and oxygen atoms in total. The van der Waals surface area contributed by atoms with Crippen molar-refractivity contribution in [3.05, 3.63) is 58.1 Å². The van der Waals surface area contributed by atoms with Crippen LogP contribution in [-0.4, -0.2) is 6.54 Å².